The van der Waals surface area contributed by atoms with Crippen LogP contribution in [0.1, 0.15) is 36.0 Å². The van der Waals surface area contributed by atoms with Crippen molar-refractivity contribution in [3.63, 3.8) is 0 Å². The molecule has 0 aromatic heterocycles. The smallest absolute Gasteiger partial charge is 0.258 e. The van der Waals surface area contributed by atoms with Crippen molar-refractivity contribution in [1.82, 2.24) is 9.80 Å². The van der Waals surface area contributed by atoms with E-state index in [1.54, 1.807) is 6.07 Å². The Bertz CT molecular complexity index is 953. The van der Waals surface area contributed by atoms with Crippen LogP contribution in [0.25, 0.3) is 10.8 Å². The van der Waals surface area contributed by atoms with E-state index in [0.29, 0.717) is 43.0 Å². The number of rotatable bonds is 3. The first-order chi connectivity index (χ1) is 14.1. The normalized spacial score (nSPS) is 26.3. The van der Waals surface area contributed by atoms with Crippen LogP contribution >= 0.6 is 0 Å². The number of carbonyl (C=O) groups is 2. The summed E-state index contributed by atoms with van der Waals surface area (Å²) in [6.07, 6.45) is 3.34. The number of ether oxygens (including phenoxy) is 1. The lowest BCUT2D eigenvalue weighted by Gasteiger charge is -2.51. The van der Waals surface area contributed by atoms with Crippen molar-refractivity contribution in [2.75, 3.05) is 26.3 Å². The summed E-state index contributed by atoms with van der Waals surface area (Å²) in [6.45, 7) is 2.57. The van der Waals surface area contributed by atoms with Crippen molar-refractivity contribution >= 4 is 22.6 Å². The molecule has 4 aliphatic rings. The number of piperidine rings is 2. The summed E-state index contributed by atoms with van der Waals surface area (Å²) in [5.74, 6) is 0.425. The number of phenolic OH excluding ortho intramolecular Hbond substituents is 1. The van der Waals surface area contributed by atoms with Gasteiger partial charge in [0, 0.05) is 50.2 Å². The third kappa shape index (κ3) is 3.25. The third-order valence-corrected chi connectivity index (χ3v) is 6.73. The maximum absolute atomic E-state index is 13.3. The highest BCUT2D eigenvalue weighted by Crippen LogP contribution is 2.34. The average molecular weight is 394 g/mol. The molecule has 3 atom stereocenters. The molecule has 29 heavy (non-hydrogen) atoms. The molecule has 6 heteroatoms. The van der Waals surface area contributed by atoms with E-state index in [0.717, 1.165) is 31.3 Å². The number of hydrogen-bond acceptors (Lipinski definition) is 4. The quantitative estimate of drug-likeness (QED) is 0.869. The molecule has 2 bridgehead atoms. The summed E-state index contributed by atoms with van der Waals surface area (Å²) in [5.41, 5.74) is 0.345. The van der Waals surface area contributed by atoms with Crippen LogP contribution in [0.4, 0.5) is 0 Å². The molecule has 4 aliphatic heterocycles. The number of phenols is 1. The van der Waals surface area contributed by atoms with Gasteiger partial charge in [-0.1, -0.05) is 30.3 Å². The van der Waals surface area contributed by atoms with Gasteiger partial charge in [-0.15, -0.1) is 0 Å². The molecule has 4 heterocycles. The summed E-state index contributed by atoms with van der Waals surface area (Å²) in [4.78, 5) is 29.9. The summed E-state index contributed by atoms with van der Waals surface area (Å²) in [6, 6.07) is 11.2. The Morgan fingerprint density at radius 2 is 1.76 bits per heavy atom. The van der Waals surface area contributed by atoms with Gasteiger partial charge in [-0.3, -0.25) is 9.59 Å². The Balaban J connectivity index is 1.33. The Morgan fingerprint density at radius 1 is 1.00 bits per heavy atom. The Labute approximate surface area is 170 Å². The fraction of sp³-hybridized carbons (Fsp3) is 0.478. The highest BCUT2D eigenvalue weighted by atomic mass is 16.5. The van der Waals surface area contributed by atoms with E-state index in [-0.39, 0.29) is 29.6 Å². The zero-order valence-corrected chi connectivity index (χ0v) is 16.4. The van der Waals surface area contributed by atoms with Gasteiger partial charge in [0.05, 0.1) is 5.56 Å². The maximum atomic E-state index is 13.3. The van der Waals surface area contributed by atoms with E-state index in [2.05, 4.69) is 0 Å². The van der Waals surface area contributed by atoms with Crippen molar-refractivity contribution in [2.45, 2.75) is 37.8 Å². The van der Waals surface area contributed by atoms with Gasteiger partial charge >= 0.3 is 0 Å². The molecule has 1 N–H and O–H groups in total. The number of carbonyl (C=O) groups excluding carboxylic acids is 2. The highest BCUT2D eigenvalue weighted by Gasteiger charge is 2.43. The first kappa shape index (κ1) is 18.4. The topological polar surface area (TPSA) is 70.1 Å². The van der Waals surface area contributed by atoms with Crippen molar-refractivity contribution < 1.29 is 19.4 Å². The van der Waals surface area contributed by atoms with Crippen molar-refractivity contribution in [1.29, 1.82) is 0 Å². The molecule has 2 aromatic rings. The fourth-order valence-electron chi connectivity index (χ4n) is 5.07. The number of fused-ring (bicyclic) bond motifs is 4. The van der Waals surface area contributed by atoms with Crippen LogP contribution in [0, 0.1) is 5.92 Å². The van der Waals surface area contributed by atoms with E-state index in [4.69, 9.17) is 4.74 Å². The summed E-state index contributed by atoms with van der Waals surface area (Å²) in [5, 5.41) is 12.3. The van der Waals surface area contributed by atoms with Gasteiger partial charge in [0.25, 0.3) is 5.91 Å². The first-order valence-corrected chi connectivity index (χ1v) is 10.5. The second-order valence-electron chi connectivity index (χ2n) is 8.51. The average Bonchev–Trinajstić information content (AvgIpc) is 3.27. The number of aromatic hydroxyl groups is 1. The summed E-state index contributed by atoms with van der Waals surface area (Å²) < 4.78 is 5.40. The second kappa shape index (κ2) is 7.34. The number of hydrogen-bond donors (Lipinski definition) is 1. The van der Waals surface area contributed by atoms with E-state index < -0.39 is 0 Å². The van der Waals surface area contributed by atoms with Crippen LogP contribution in [-0.2, 0) is 9.53 Å². The number of amides is 2. The van der Waals surface area contributed by atoms with Gasteiger partial charge in [-0.05, 0) is 36.6 Å². The number of nitrogens with zero attached hydrogens (tertiary/aromatic N) is 2. The minimum Gasteiger partial charge on any atom is -0.506 e. The summed E-state index contributed by atoms with van der Waals surface area (Å²) >= 11 is 0. The van der Waals surface area contributed by atoms with Gasteiger partial charge in [0.2, 0.25) is 5.91 Å². The second-order valence-corrected chi connectivity index (χ2v) is 8.51. The first-order valence-electron chi connectivity index (χ1n) is 10.5. The van der Waals surface area contributed by atoms with E-state index >= 15 is 0 Å². The molecule has 0 aliphatic carbocycles. The fourth-order valence-corrected chi connectivity index (χ4v) is 5.07. The molecule has 0 radical (unpaired) electrons. The van der Waals surface area contributed by atoms with Crippen molar-refractivity contribution in [3.8, 4) is 5.75 Å². The minimum atomic E-state index is -0.140. The van der Waals surface area contributed by atoms with Crippen LogP contribution in [-0.4, -0.2) is 65.1 Å². The molecule has 6 nitrogen and oxygen atoms in total. The van der Waals surface area contributed by atoms with Gasteiger partial charge in [0.1, 0.15) is 5.75 Å². The number of piperazine rings is 1. The number of benzene rings is 2. The van der Waals surface area contributed by atoms with Crippen LogP contribution in [0.3, 0.4) is 0 Å². The maximum Gasteiger partial charge on any atom is 0.258 e. The van der Waals surface area contributed by atoms with Gasteiger partial charge < -0.3 is 19.6 Å². The Morgan fingerprint density at radius 3 is 2.48 bits per heavy atom. The standard InChI is InChI=1S/C23H26N2O4/c26-21(11-15-9-10-29-14-15)24-12-18-7-6-17(24)13-25(18)23(28)20-8-5-16-3-1-2-4-19(16)22(20)27/h1-5,8,15,17-18,27H,6-7,9-14H2/t15-,17?,18?/m1/s1. The van der Waals surface area contributed by atoms with E-state index in [9.17, 15) is 14.7 Å². The zero-order chi connectivity index (χ0) is 20.0. The molecule has 2 amide bonds. The lowest BCUT2D eigenvalue weighted by atomic mass is 9.89. The van der Waals surface area contributed by atoms with Crippen LogP contribution in [0.5, 0.6) is 5.75 Å². The SMILES string of the molecule is O=C(C[C@H]1CCOC1)N1CC2CCC1CN2C(=O)c1ccc2ccccc2c1O. The molecular weight excluding hydrogens is 368 g/mol. The summed E-state index contributed by atoms with van der Waals surface area (Å²) in [7, 11) is 0. The highest BCUT2D eigenvalue weighted by molar-refractivity contribution is 6.03. The molecule has 4 saturated heterocycles. The van der Waals surface area contributed by atoms with Gasteiger partial charge in [-0.25, -0.2) is 0 Å². The van der Waals surface area contributed by atoms with E-state index in [1.807, 2.05) is 40.1 Å². The van der Waals surface area contributed by atoms with Gasteiger partial charge in [0.15, 0.2) is 0 Å². The Hall–Kier alpha value is -2.60. The zero-order valence-electron chi connectivity index (χ0n) is 16.4. The molecule has 4 fully saturated rings. The molecule has 152 valence electrons. The Kier molecular flexibility index (Phi) is 4.66. The van der Waals surface area contributed by atoms with E-state index in [1.165, 1.54) is 0 Å². The third-order valence-electron chi connectivity index (χ3n) is 6.73. The molecule has 2 unspecified atom stereocenters. The lowest BCUT2D eigenvalue weighted by molar-refractivity contribution is -0.141. The minimum absolute atomic E-state index is 0.0159. The van der Waals surface area contributed by atoms with Crippen molar-refractivity contribution in [3.05, 3.63) is 42.0 Å². The predicted octanol–water partition coefficient (Wildman–Crippen LogP) is 2.79. The molecular formula is C23H26N2O4. The van der Waals surface area contributed by atoms with Crippen LogP contribution < -0.4 is 0 Å². The molecule has 0 saturated carbocycles. The predicted molar refractivity (Wildman–Crippen MR) is 109 cm³/mol. The van der Waals surface area contributed by atoms with Crippen LogP contribution in [0.15, 0.2) is 36.4 Å². The largest absolute Gasteiger partial charge is 0.506 e. The molecule has 0 spiro atoms. The molecule has 2 aromatic carbocycles. The van der Waals surface area contributed by atoms with Crippen molar-refractivity contribution in [2.24, 2.45) is 5.92 Å². The van der Waals surface area contributed by atoms with Gasteiger partial charge in [-0.2, -0.15) is 0 Å². The monoisotopic (exact) mass is 394 g/mol. The molecule has 6 rings (SSSR count). The van der Waals surface area contributed by atoms with Crippen LogP contribution in [0.2, 0.25) is 0 Å². The lowest BCUT2D eigenvalue weighted by Crippen LogP contribution is -2.65.